The molecule has 2 rings (SSSR count). The standard InChI is InChI=1S/C21H26Cl2N4OS2/c22-15-11-16(23)13-18(12-15)27-21(30)25-9-4-2-1-3-5-10-28-19-8-6-7-17(14-19)26-20(24)29/h6-8,11-14H,1-5,9-10H2,(H3,24,26,29)(H2,25,27,30). The van der Waals surface area contributed by atoms with Crippen molar-refractivity contribution in [3.8, 4) is 5.75 Å². The molecule has 0 aliphatic heterocycles. The molecule has 0 aliphatic carbocycles. The highest BCUT2D eigenvalue weighted by molar-refractivity contribution is 7.80. The molecule has 0 saturated carbocycles. The summed E-state index contributed by atoms with van der Waals surface area (Å²) in [7, 11) is 0. The number of thiocarbonyl (C=S) groups is 2. The minimum atomic E-state index is 0.243. The molecule has 2 aromatic carbocycles. The summed E-state index contributed by atoms with van der Waals surface area (Å²) < 4.78 is 5.78. The second-order valence-electron chi connectivity index (χ2n) is 6.67. The molecule has 5 nitrogen and oxygen atoms in total. The molecule has 0 saturated heterocycles. The van der Waals surface area contributed by atoms with E-state index in [0.29, 0.717) is 21.8 Å². The van der Waals surface area contributed by atoms with Gasteiger partial charge in [-0.05, 0) is 67.6 Å². The van der Waals surface area contributed by atoms with Crippen molar-refractivity contribution in [3.63, 3.8) is 0 Å². The molecule has 2 aromatic rings. The number of unbranched alkanes of at least 4 members (excludes halogenated alkanes) is 4. The smallest absolute Gasteiger partial charge is 0.170 e. The number of halogens is 2. The van der Waals surface area contributed by atoms with Crippen LogP contribution in [0.2, 0.25) is 10.0 Å². The van der Waals surface area contributed by atoms with Gasteiger partial charge in [0, 0.05) is 34.0 Å². The molecule has 0 aliphatic rings. The fourth-order valence-corrected chi connectivity index (χ4v) is 3.62. The van der Waals surface area contributed by atoms with E-state index >= 15 is 0 Å². The Hall–Kier alpha value is -1.80. The van der Waals surface area contributed by atoms with Gasteiger partial charge in [0.2, 0.25) is 0 Å². The first-order valence-corrected chi connectivity index (χ1v) is 11.3. The van der Waals surface area contributed by atoms with E-state index < -0.39 is 0 Å². The Bertz CT molecular complexity index is 831. The lowest BCUT2D eigenvalue weighted by Crippen LogP contribution is -2.29. The van der Waals surface area contributed by atoms with E-state index in [1.165, 1.54) is 0 Å². The highest BCUT2D eigenvalue weighted by atomic mass is 35.5. The molecule has 0 unspecified atom stereocenters. The Morgan fingerprint density at radius 1 is 0.867 bits per heavy atom. The number of hydrogen-bond donors (Lipinski definition) is 4. The van der Waals surface area contributed by atoms with E-state index in [1.54, 1.807) is 18.2 Å². The summed E-state index contributed by atoms with van der Waals surface area (Å²) in [4.78, 5) is 0. The highest BCUT2D eigenvalue weighted by Crippen LogP contribution is 2.22. The van der Waals surface area contributed by atoms with E-state index in [-0.39, 0.29) is 5.11 Å². The summed E-state index contributed by atoms with van der Waals surface area (Å²) in [6, 6.07) is 12.9. The number of rotatable bonds is 11. The lowest BCUT2D eigenvalue weighted by atomic mass is 10.1. The molecule has 30 heavy (non-hydrogen) atoms. The summed E-state index contributed by atoms with van der Waals surface area (Å²) in [5.74, 6) is 0.808. The van der Waals surface area contributed by atoms with Crippen LogP contribution >= 0.6 is 47.6 Å². The average molecular weight is 486 g/mol. The predicted molar refractivity (Wildman–Crippen MR) is 136 cm³/mol. The van der Waals surface area contributed by atoms with Gasteiger partial charge in [0.05, 0.1) is 6.61 Å². The highest BCUT2D eigenvalue weighted by Gasteiger charge is 2.01. The molecule has 0 amide bonds. The molecular weight excluding hydrogens is 459 g/mol. The third kappa shape index (κ3) is 10.3. The van der Waals surface area contributed by atoms with Crippen LogP contribution < -0.4 is 26.4 Å². The zero-order chi connectivity index (χ0) is 21.8. The van der Waals surface area contributed by atoms with Gasteiger partial charge in [-0.2, -0.15) is 0 Å². The van der Waals surface area contributed by atoms with Gasteiger partial charge >= 0.3 is 0 Å². The summed E-state index contributed by atoms with van der Waals surface area (Å²) in [5.41, 5.74) is 7.09. The van der Waals surface area contributed by atoms with Crippen molar-refractivity contribution in [2.45, 2.75) is 32.1 Å². The van der Waals surface area contributed by atoms with Crippen LogP contribution in [0.4, 0.5) is 11.4 Å². The van der Waals surface area contributed by atoms with Crippen LogP contribution in [0.1, 0.15) is 32.1 Å². The van der Waals surface area contributed by atoms with Gasteiger partial charge in [0.15, 0.2) is 10.2 Å². The minimum absolute atomic E-state index is 0.243. The third-order valence-corrected chi connectivity index (χ3v) is 4.88. The fourth-order valence-electron chi connectivity index (χ4n) is 2.76. The van der Waals surface area contributed by atoms with Gasteiger partial charge in [-0.15, -0.1) is 0 Å². The molecule has 0 bridgehead atoms. The summed E-state index contributed by atoms with van der Waals surface area (Å²) in [5, 5.41) is 11.1. The van der Waals surface area contributed by atoms with Crippen LogP contribution in [0.25, 0.3) is 0 Å². The summed E-state index contributed by atoms with van der Waals surface area (Å²) >= 11 is 22.1. The normalized spacial score (nSPS) is 10.3. The van der Waals surface area contributed by atoms with Crippen molar-refractivity contribution >= 4 is 69.2 Å². The van der Waals surface area contributed by atoms with E-state index in [9.17, 15) is 0 Å². The van der Waals surface area contributed by atoms with Crippen LogP contribution in [0.3, 0.4) is 0 Å². The van der Waals surface area contributed by atoms with Gasteiger partial charge in [-0.3, -0.25) is 0 Å². The second-order valence-corrected chi connectivity index (χ2v) is 8.39. The molecule has 0 heterocycles. The van der Waals surface area contributed by atoms with Gasteiger partial charge in [-0.25, -0.2) is 0 Å². The number of nitrogens with two attached hydrogens (primary N) is 1. The summed E-state index contributed by atoms with van der Waals surface area (Å²) in [6.07, 6.45) is 5.46. The van der Waals surface area contributed by atoms with Gasteiger partial charge in [0.1, 0.15) is 5.75 Å². The zero-order valence-corrected chi connectivity index (χ0v) is 19.7. The van der Waals surface area contributed by atoms with E-state index in [2.05, 4.69) is 16.0 Å². The number of anilines is 2. The third-order valence-electron chi connectivity index (χ3n) is 4.10. The monoisotopic (exact) mass is 484 g/mol. The average Bonchev–Trinajstić information content (AvgIpc) is 2.65. The number of nitrogens with one attached hydrogen (secondary N) is 3. The minimum Gasteiger partial charge on any atom is -0.494 e. The maximum Gasteiger partial charge on any atom is 0.170 e. The van der Waals surface area contributed by atoms with Crippen LogP contribution in [0.15, 0.2) is 42.5 Å². The SMILES string of the molecule is NC(=S)Nc1cccc(OCCCCCCCNC(=S)Nc2cc(Cl)cc(Cl)c2)c1. The summed E-state index contributed by atoms with van der Waals surface area (Å²) in [6.45, 7) is 1.50. The molecule has 0 aromatic heterocycles. The first-order valence-electron chi connectivity index (χ1n) is 9.72. The Labute approximate surface area is 198 Å². The van der Waals surface area contributed by atoms with Gasteiger partial charge < -0.3 is 26.4 Å². The lowest BCUT2D eigenvalue weighted by Gasteiger charge is -2.11. The van der Waals surface area contributed by atoms with Crippen molar-refractivity contribution in [3.05, 3.63) is 52.5 Å². The lowest BCUT2D eigenvalue weighted by molar-refractivity contribution is 0.304. The molecule has 0 atom stereocenters. The van der Waals surface area contributed by atoms with Crippen molar-refractivity contribution in [2.24, 2.45) is 5.73 Å². The number of benzene rings is 2. The van der Waals surface area contributed by atoms with Crippen LogP contribution in [0, 0.1) is 0 Å². The Morgan fingerprint density at radius 2 is 1.57 bits per heavy atom. The van der Waals surface area contributed by atoms with Crippen LogP contribution in [-0.4, -0.2) is 23.4 Å². The van der Waals surface area contributed by atoms with Crippen LogP contribution in [-0.2, 0) is 0 Å². The first-order chi connectivity index (χ1) is 14.4. The number of ether oxygens (including phenoxy) is 1. The van der Waals surface area contributed by atoms with Crippen molar-refractivity contribution in [1.82, 2.24) is 5.32 Å². The van der Waals surface area contributed by atoms with Crippen molar-refractivity contribution < 1.29 is 4.74 Å². The molecule has 0 radical (unpaired) electrons. The van der Waals surface area contributed by atoms with E-state index in [0.717, 1.165) is 55.8 Å². The maximum absolute atomic E-state index is 5.98. The van der Waals surface area contributed by atoms with Gasteiger partial charge in [0.25, 0.3) is 0 Å². The zero-order valence-electron chi connectivity index (χ0n) is 16.5. The predicted octanol–water partition coefficient (Wildman–Crippen LogP) is 5.96. The maximum atomic E-state index is 5.98. The van der Waals surface area contributed by atoms with E-state index in [4.69, 9.17) is 58.1 Å². The molecule has 162 valence electrons. The Morgan fingerprint density at radius 3 is 2.30 bits per heavy atom. The molecule has 5 N–H and O–H groups in total. The first kappa shape index (κ1) is 24.5. The second kappa shape index (κ2) is 13.5. The van der Waals surface area contributed by atoms with E-state index in [1.807, 2.05) is 24.3 Å². The largest absolute Gasteiger partial charge is 0.494 e. The topological polar surface area (TPSA) is 71.3 Å². The van der Waals surface area contributed by atoms with Crippen LogP contribution in [0.5, 0.6) is 5.75 Å². The van der Waals surface area contributed by atoms with Crippen molar-refractivity contribution in [1.29, 1.82) is 0 Å². The van der Waals surface area contributed by atoms with Gasteiger partial charge in [-0.1, -0.05) is 48.5 Å². The number of hydrogen-bond acceptors (Lipinski definition) is 3. The molecule has 0 spiro atoms. The molecule has 0 fully saturated rings. The van der Waals surface area contributed by atoms with Crippen molar-refractivity contribution in [2.75, 3.05) is 23.8 Å². The fraction of sp³-hybridized carbons (Fsp3) is 0.333. The Kier molecular flexibility index (Phi) is 11.0. The molecule has 9 heteroatoms. The molecular formula is C21H26Cl2N4OS2. The Balaban J connectivity index is 1.50. The quantitative estimate of drug-likeness (QED) is 0.231.